The van der Waals surface area contributed by atoms with E-state index >= 15 is 0 Å². The third-order valence-corrected chi connectivity index (χ3v) is 4.81. The van der Waals surface area contributed by atoms with Crippen LogP contribution in [0.25, 0.3) is 0 Å². The van der Waals surface area contributed by atoms with Gasteiger partial charge in [-0.05, 0) is 55.5 Å². The van der Waals surface area contributed by atoms with Crippen LogP contribution in [-0.2, 0) is 4.79 Å². The van der Waals surface area contributed by atoms with Gasteiger partial charge in [-0.15, -0.1) is 0 Å². The fourth-order valence-corrected chi connectivity index (χ4v) is 3.12. The molecule has 1 heterocycles. The Kier molecular flexibility index (Phi) is 5.63. The van der Waals surface area contributed by atoms with Gasteiger partial charge >= 0.3 is 0 Å². The number of amides is 1. The minimum absolute atomic E-state index is 0.00625. The van der Waals surface area contributed by atoms with Crippen LogP contribution in [-0.4, -0.2) is 55.2 Å². The summed E-state index contributed by atoms with van der Waals surface area (Å²) in [6.45, 7) is 5.28. The lowest BCUT2D eigenvalue weighted by atomic mass is 10.2. The van der Waals surface area contributed by atoms with Gasteiger partial charge in [0, 0.05) is 37.6 Å². The van der Waals surface area contributed by atoms with E-state index in [1.807, 2.05) is 43.3 Å². The lowest BCUT2D eigenvalue weighted by Gasteiger charge is -2.38. The first-order chi connectivity index (χ1) is 12.6. The molecule has 2 aromatic carbocycles. The van der Waals surface area contributed by atoms with E-state index in [0.717, 1.165) is 43.3 Å². The van der Waals surface area contributed by atoms with Crippen molar-refractivity contribution in [2.75, 3.05) is 43.5 Å². The van der Waals surface area contributed by atoms with Crippen molar-refractivity contribution < 1.29 is 14.6 Å². The number of anilines is 2. The lowest BCUT2D eigenvalue weighted by molar-refractivity contribution is -0.120. The third-order valence-electron chi connectivity index (χ3n) is 4.81. The molecule has 138 valence electrons. The monoisotopic (exact) mass is 355 g/mol. The van der Waals surface area contributed by atoms with E-state index in [9.17, 15) is 9.90 Å². The maximum Gasteiger partial charge on any atom is 0.241 e. The summed E-state index contributed by atoms with van der Waals surface area (Å²) in [6.07, 6.45) is 0. The Morgan fingerprint density at radius 2 is 1.65 bits per heavy atom. The molecule has 0 spiro atoms. The highest BCUT2D eigenvalue weighted by Crippen LogP contribution is 2.21. The summed E-state index contributed by atoms with van der Waals surface area (Å²) in [5.41, 5.74) is 1.86. The van der Waals surface area contributed by atoms with Crippen molar-refractivity contribution in [1.29, 1.82) is 0 Å². The molecule has 1 aliphatic heterocycles. The quantitative estimate of drug-likeness (QED) is 0.863. The van der Waals surface area contributed by atoms with Crippen LogP contribution in [0.3, 0.4) is 0 Å². The average molecular weight is 355 g/mol. The molecule has 3 rings (SSSR count). The number of nitrogens with zero attached hydrogens (tertiary/aromatic N) is 2. The van der Waals surface area contributed by atoms with Crippen molar-refractivity contribution in [3.8, 4) is 11.5 Å². The zero-order chi connectivity index (χ0) is 18.5. The third kappa shape index (κ3) is 4.26. The van der Waals surface area contributed by atoms with E-state index in [-0.39, 0.29) is 17.7 Å². The van der Waals surface area contributed by atoms with Crippen molar-refractivity contribution in [1.82, 2.24) is 4.90 Å². The summed E-state index contributed by atoms with van der Waals surface area (Å²) in [4.78, 5) is 17.0. The van der Waals surface area contributed by atoms with Crippen LogP contribution < -0.4 is 15.0 Å². The van der Waals surface area contributed by atoms with Gasteiger partial charge in [0.05, 0.1) is 13.2 Å². The number of piperazine rings is 1. The highest BCUT2D eigenvalue weighted by atomic mass is 16.5. The molecule has 0 aromatic heterocycles. The van der Waals surface area contributed by atoms with Gasteiger partial charge in [0.15, 0.2) is 0 Å². The maximum absolute atomic E-state index is 12.5. The highest BCUT2D eigenvalue weighted by Gasteiger charge is 2.25. The summed E-state index contributed by atoms with van der Waals surface area (Å²) >= 11 is 0. The van der Waals surface area contributed by atoms with Crippen LogP contribution >= 0.6 is 0 Å². The molecule has 2 N–H and O–H groups in total. The molecule has 1 aliphatic rings. The molecule has 0 radical (unpaired) electrons. The Balaban J connectivity index is 1.52. The summed E-state index contributed by atoms with van der Waals surface area (Å²) < 4.78 is 5.13. The Hall–Kier alpha value is -2.73. The number of benzene rings is 2. The smallest absolute Gasteiger partial charge is 0.241 e. The zero-order valence-corrected chi connectivity index (χ0v) is 15.2. The largest absolute Gasteiger partial charge is 0.508 e. The molecule has 1 fully saturated rings. The molecule has 6 nitrogen and oxygen atoms in total. The fraction of sp³-hybridized carbons (Fsp3) is 0.350. The van der Waals surface area contributed by atoms with E-state index in [4.69, 9.17) is 4.74 Å². The first-order valence-corrected chi connectivity index (χ1v) is 8.80. The molecule has 6 heteroatoms. The standard InChI is InChI=1S/C20H25N3O3/c1-15(20(25)21-16-3-9-19(26-2)10-4-16)22-11-13-23(14-12-22)17-5-7-18(24)8-6-17/h3-10,15,24H,11-14H2,1-2H3,(H,21,25)/t15-/m0/s1. The van der Waals surface area contributed by atoms with Gasteiger partial charge in [0.25, 0.3) is 0 Å². The number of phenols is 1. The van der Waals surface area contributed by atoms with Crippen molar-refractivity contribution in [3.63, 3.8) is 0 Å². The van der Waals surface area contributed by atoms with E-state index in [1.54, 1.807) is 19.2 Å². The van der Waals surface area contributed by atoms with Crippen LogP contribution in [0.1, 0.15) is 6.92 Å². The zero-order valence-electron chi connectivity index (χ0n) is 15.2. The number of phenolic OH excluding ortho intramolecular Hbond substituents is 1. The van der Waals surface area contributed by atoms with Crippen LogP contribution in [0.5, 0.6) is 11.5 Å². The lowest BCUT2D eigenvalue weighted by Crippen LogP contribution is -2.52. The number of nitrogens with one attached hydrogen (secondary N) is 1. The Morgan fingerprint density at radius 1 is 1.04 bits per heavy atom. The predicted molar refractivity (Wildman–Crippen MR) is 103 cm³/mol. The molecule has 0 bridgehead atoms. The van der Waals surface area contributed by atoms with E-state index in [2.05, 4.69) is 15.1 Å². The number of hydrogen-bond donors (Lipinski definition) is 2. The summed E-state index contributed by atoms with van der Waals surface area (Å²) in [5.74, 6) is 1.03. The molecule has 0 unspecified atom stereocenters. The molecular weight excluding hydrogens is 330 g/mol. The van der Waals surface area contributed by atoms with Crippen LogP contribution in [0.15, 0.2) is 48.5 Å². The molecule has 2 aromatic rings. The Morgan fingerprint density at radius 3 is 2.23 bits per heavy atom. The first kappa shape index (κ1) is 18.1. The van der Waals surface area contributed by atoms with E-state index < -0.39 is 0 Å². The molecule has 0 aliphatic carbocycles. The number of carbonyl (C=O) groups excluding carboxylic acids is 1. The number of aromatic hydroxyl groups is 1. The molecule has 26 heavy (non-hydrogen) atoms. The van der Waals surface area contributed by atoms with Crippen molar-refractivity contribution in [2.24, 2.45) is 0 Å². The van der Waals surface area contributed by atoms with Crippen molar-refractivity contribution >= 4 is 17.3 Å². The maximum atomic E-state index is 12.5. The molecular formula is C20H25N3O3. The predicted octanol–water partition coefficient (Wildman–Crippen LogP) is 2.55. The minimum Gasteiger partial charge on any atom is -0.508 e. The summed E-state index contributed by atoms with van der Waals surface area (Å²) in [7, 11) is 1.62. The number of carbonyl (C=O) groups is 1. The minimum atomic E-state index is -0.195. The van der Waals surface area contributed by atoms with Gasteiger partial charge in [0.1, 0.15) is 11.5 Å². The second-order valence-corrected chi connectivity index (χ2v) is 6.43. The fourth-order valence-electron chi connectivity index (χ4n) is 3.12. The highest BCUT2D eigenvalue weighted by molar-refractivity contribution is 5.94. The van der Waals surface area contributed by atoms with Gasteiger partial charge in [-0.25, -0.2) is 0 Å². The number of hydrogen-bond acceptors (Lipinski definition) is 5. The average Bonchev–Trinajstić information content (AvgIpc) is 2.69. The molecule has 1 atom stereocenters. The van der Waals surface area contributed by atoms with Gasteiger partial charge in [-0.2, -0.15) is 0 Å². The molecule has 1 amide bonds. The first-order valence-electron chi connectivity index (χ1n) is 8.80. The SMILES string of the molecule is COc1ccc(NC(=O)[C@H](C)N2CCN(c3ccc(O)cc3)CC2)cc1. The van der Waals surface area contributed by atoms with Crippen LogP contribution in [0.4, 0.5) is 11.4 Å². The van der Waals surface area contributed by atoms with E-state index in [1.165, 1.54) is 0 Å². The van der Waals surface area contributed by atoms with Gasteiger partial charge in [0.2, 0.25) is 5.91 Å². The van der Waals surface area contributed by atoms with Gasteiger partial charge in [-0.3, -0.25) is 9.69 Å². The number of rotatable bonds is 5. The topological polar surface area (TPSA) is 65.0 Å². The van der Waals surface area contributed by atoms with Gasteiger partial charge in [-0.1, -0.05) is 0 Å². The second-order valence-electron chi connectivity index (χ2n) is 6.43. The normalized spacial score (nSPS) is 16.2. The van der Waals surface area contributed by atoms with Crippen LogP contribution in [0, 0.1) is 0 Å². The number of methoxy groups -OCH3 is 1. The van der Waals surface area contributed by atoms with Crippen molar-refractivity contribution in [3.05, 3.63) is 48.5 Å². The summed E-state index contributed by atoms with van der Waals surface area (Å²) in [6, 6.07) is 14.4. The van der Waals surface area contributed by atoms with Crippen molar-refractivity contribution in [2.45, 2.75) is 13.0 Å². The van der Waals surface area contributed by atoms with Gasteiger partial charge < -0.3 is 20.1 Å². The summed E-state index contributed by atoms with van der Waals surface area (Å²) in [5, 5.41) is 12.4. The van der Waals surface area contributed by atoms with Crippen LogP contribution in [0.2, 0.25) is 0 Å². The second kappa shape index (κ2) is 8.10. The molecule has 0 saturated carbocycles. The Bertz CT molecular complexity index is 723. The van der Waals surface area contributed by atoms with E-state index in [0.29, 0.717) is 0 Å². The Labute approximate surface area is 154 Å². The molecule has 1 saturated heterocycles. The number of ether oxygens (including phenoxy) is 1.